The molecule has 3 aromatic rings. The average Bonchev–Trinajstić information content (AvgIpc) is 2.88. The Morgan fingerprint density at radius 1 is 0.650 bits per heavy atom. The van der Waals surface area contributed by atoms with E-state index in [1.807, 2.05) is 0 Å². The summed E-state index contributed by atoms with van der Waals surface area (Å²) in [6, 6.07) is 23.7. The molecule has 0 spiro atoms. The lowest BCUT2D eigenvalue weighted by Crippen LogP contribution is -1.87. The summed E-state index contributed by atoms with van der Waals surface area (Å²) in [7, 11) is 0. The molecule has 1 aliphatic carbocycles. The number of rotatable bonds is 1. The topological polar surface area (TPSA) is 0 Å². The van der Waals surface area contributed by atoms with Crippen molar-refractivity contribution in [2.45, 2.75) is 6.42 Å². The molecular formula is C19H13Br. The molecule has 0 saturated heterocycles. The molecule has 0 bridgehead atoms. The maximum absolute atomic E-state index is 3.83. The van der Waals surface area contributed by atoms with E-state index in [0.29, 0.717) is 0 Å². The first kappa shape index (κ1) is 11.9. The van der Waals surface area contributed by atoms with Crippen molar-refractivity contribution in [3.05, 3.63) is 82.3 Å². The predicted molar refractivity (Wildman–Crippen MR) is 87.8 cm³/mol. The molecule has 4 rings (SSSR count). The van der Waals surface area contributed by atoms with Crippen LogP contribution in [0.1, 0.15) is 11.1 Å². The van der Waals surface area contributed by atoms with Gasteiger partial charge in [0, 0.05) is 4.47 Å². The third-order valence-electron chi connectivity index (χ3n) is 4.00. The van der Waals surface area contributed by atoms with Crippen molar-refractivity contribution in [3.8, 4) is 22.3 Å². The van der Waals surface area contributed by atoms with Crippen molar-refractivity contribution in [2.75, 3.05) is 0 Å². The fourth-order valence-electron chi connectivity index (χ4n) is 3.01. The molecule has 0 N–H and O–H groups in total. The lowest BCUT2D eigenvalue weighted by molar-refractivity contribution is 1.25. The van der Waals surface area contributed by atoms with Crippen LogP contribution in [0.15, 0.2) is 71.2 Å². The molecule has 0 unspecified atom stereocenters. The number of hydrogen-bond acceptors (Lipinski definition) is 0. The molecule has 0 atom stereocenters. The average molecular weight is 321 g/mol. The van der Waals surface area contributed by atoms with Crippen molar-refractivity contribution in [3.63, 3.8) is 0 Å². The van der Waals surface area contributed by atoms with E-state index < -0.39 is 0 Å². The van der Waals surface area contributed by atoms with Crippen LogP contribution in [0.2, 0.25) is 0 Å². The fraction of sp³-hybridized carbons (Fsp3) is 0.0526. The molecule has 0 aliphatic heterocycles. The van der Waals surface area contributed by atoms with Gasteiger partial charge in [0.15, 0.2) is 0 Å². The molecule has 0 aromatic heterocycles. The summed E-state index contributed by atoms with van der Waals surface area (Å²) < 4.78 is 1.23. The van der Waals surface area contributed by atoms with E-state index in [1.54, 1.807) is 0 Å². The second-order valence-corrected chi connectivity index (χ2v) is 5.95. The zero-order chi connectivity index (χ0) is 13.5. The molecule has 0 nitrogen and oxygen atoms in total. The quantitative estimate of drug-likeness (QED) is 0.423. The van der Waals surface area contributed by atoms with Crippen molar-refractivity contribution < 1.29 is 0 Å². The lowest BCUT2D eigenvalue weighted by atomic mass is 9.99. The van der Waals surface area contributed by atoms with Crippen molar-refractivity contribution in [1.82, 2.24) is 0 Å². The second-order valence-electron chi connectivity index (χ2n) is 5.15. The zero-order valence-electron chi connectivity index (χ0n) is 10.9. The first-order valence-electron chi connectivity index (χ1n) is 6.79. The molecule has 0 radical (unpaired) electrons. The summed E-state index contributed by atoms with van der Waals surface area (Å²) >= 11 is 3.83. The maximum Gasteiger partial charge on any atom is 0.0295 e. The summed E-state index contributed by atoms with van der Waals surface area (Å²) in [6.07, 6.45) is 1.02. The Morgan fingerprint density at radius 2 is 1.35 bits per heavy atom. The smallest absolute Gasteiger partial charge is 0.0295 e. The van der Waals surface area contributed by atoms with Gasteiger partial charge in [-0.05, 0) is 55.7 Å². The van der Waals surface area contributed by atoms with Crippen LogP contribution in [0.25, 0.3) is 22.3 Å². The van der Waals surface area contributed by atoms with E-state index in [1.165, 1.54) is 37.9 Å². The number of benzene rings is 3. The van der Waals surface area contributed by atoms with Gasteiger partial charge in [-0.15, -0.1) is 0 Å². The highest BCUT2D eigenvalue weighted by atomic mass is 79.9. The van der Waals surface area contributed by atoms with E-state index in [0.717, 1.165) is 6.42 Å². The molecule has 0 saturated carbocycles. The van der Waals surface area contributed by atoms with Crippen LogP contribution in [0, 0.1) is 0 Å². The fourth-order valence-corrected chi connectivity index (χ4v) is 3.73. The van der Waals surface area contributed by atoms with Gasteiger partial charge in [0.1, 0.15) is 0 Å². The Balaban J connectivity index is 1.91. The molecule has 0 heterocycles. The highest BCUT2D eigenvalue weighted by Gasteiger charge is 2.21. The van der Waals surface area contributed by atoms with E-state index in [-0.39, 0.29) is 0 Å². The molecule has 0 fully saturated rings. The second kappa shape index (κ2) is 4.60. The van der Waals surface area contributed by atoms with Gasteiger partial charge in [-0.3, -0.25) is 0 Å². The van der Waals surface area contributed by atoms with Crippen LogP contribution in [0.3, 0.4) is 0 Å². The molecular weight excluding hydrogens is 308 g/mol. The van der Waals surface area contributed by atoms with E-state index >= 15 is 0 Å². The highest BCUT2D eigenvalue weighted by Crippen LogP contribution is 2.43. The first-order chi connectivity index (χ1) is 9.84. The van der Waals surface area contributed by atoms with Gasteiger partial charge in [-0.25, -0.2) is 0 Å². The molecule has 1 heteroatoms. The van der Waals surface area contributed by atoms with Gasteiger partial charge < -0.3 is 0 Å². The third-order valence-corrected chi connectivity index (χ3v) is 4.91. The number of halogens is 1. The van der Waals surface area contributed by atoms with Gasteiger partial charge in [0.25, 0.3) is 0 Å². The minimum Gasteiger partial charge on any atom is -0.0622 e. The molecule has 96 valence electrons. The maximum atomic E-state index is 3.83. The van der Waals surface area contributed by atoms with E-state index in [9.17, 15) is 0 Å². The van der Waals surface area contributed by atoms with Gasteiger partial charge in [0.2, 0.25) is 0 Å². The Labute approximate surface area is 127 Å². The van der Waals surface area contributed by atoms with Crippen LogP contribution in [-0.4, -0.2) is 0 Å². The zero-order valence-corrected chi connectivity index (χ0v) is 12.5. The number of hydrogen-bond donors (Lipinski definition) is 0. The van der Waals surface area contributed by atoms with Gasteiger partial charge >= 0.3 is 0 Å². The van der Waals surface area contributed by atoms with Crippen LogP contribution in [0.5, 0.6) is 0 Å². The summed E-state index contributed by atoms with van der Waals surface area (Å²) in [6.45, 7) is 0. The van der Waals surface area contributed by atoms with Gasteiger partial charge in [0.05, 0.1) is 0 Å². The summed E-state index contributed by atoms with van der Waals surface area (Å²) in [5, 5.41) is 0. The van der Waals surface area contributed by atoms with Crippen LogP contribution >= 0.6 is 15.9 Å². The molecule has 20 heavy (non-hydrogen) atoms. The van der Waals surface area contributed by atoms with Crippen LogP contribution in [0.4, 0.5) is 0 Å². The SMILES string of the molecule is Brc1c(-c2ccccc2)ccc2c1Cc1ccccc1-2. The monoisotopic (exact) mass is 320 g/mol. The van der Waals surface area contributed by atoms with E-state index in [4.69, 9.17) is 0 Å². The Bertz CT molecular complexity index is 788. The predicted octanol–water partition coefficient (Wildman–Crippen LogP) is 5.69. The largest absolute Gasteiger partial charge is 0.0622 e. The number of fused-ring (bicyclic) bond motifs is 3. The van der Waals surface area contributed by atoms with Gasteiger partial charge in [-0.2, -0.15) is 0 Å². The van der Waals surface area contributed by atoms with Crippen LogP contribution < -0.4 is 0 Å². The molecule has 1 aliphatic rings. The van der Waals surface area contributed by atoms with Crippen molar-refractivity contribution in [1.29, 1.82) is 0 Å². The van der Waals surface area contributed by atoms with Crippen LogP contribution in [-0.2, 0) is 6.42 Å². The minimum atomic E-state index is 1.02. The Hall–Kier alpha value is -1.86. The standard InChI is InChI=1S/C19H13Br/c20-19-16(13-6-2-1-3-7-13)10-11-17-15-9-5-4-8-14(15)12-18(17)19/h1-11H,12H2. The Kier molecular flexibility index (Phi) is 2.75. The van der Waals surface area contributed by atoms with Crippen molar-refractivity contribution >= 4 is 15.9 Å². The third kappa shape index (κ3) is 1.74. The summed E-state index contributed by atoms with van der Waals surface area (Å²) in [4.78, 5) is 0. The molecule has 3 aromatic carbocycles. The first-order valence-corrected chi connectivity index (χ1v) is 7.59. The lowest BCUT2D eigenvalue weighted by Gasteiger charge is -2.10. The summed E-state index contributed by atoms with van der Waals surface area (Å²) in [5.74, 6) is 0. The summed E-state index contributed by atoms with van der Waals surface area (Å²) in [5.41, 5.74) is 8.12. The van der Waals surface area contributed by atoms with Crippen molar-refractivity contribution in [2.24, 2.45) is 0 Å². The molecule has 0 amide bonds. The minimum absolute atomic E-state index is 1.02. The van der Waals surface area contributed by atoms with Gasteiger partial charge in [-0.1, -0.05) is 66.7 Å². The Morgan fingerprint density at radius 3 is 2.20 bits per heavy atom. The highest BCUT2D eigenvalue weighted by molar-refractivity contribution is 9.10. The normalized spacial score (nSPS) is 12.1. The van der Waals surface area contributed by atoms with E-state index in [2.05, 4.69) is 82.7 Å².